The minimum Gasteiger partial charge on any atom is -0.379 e. The lowest BCUT2D eigenvalue weighted by Crippen LogP contribution is -2.38. The van der Waals surface area contributed by atoms with Crippen molar-refractivity contribution < 1.29 is 14.3 Å². The van der Waals surface area contributed by atoms with E-state index in [0.717, 1.165) is 5.56 Å². The number of carbonyl (C=O) groups is 1. The second-order valence-electron chi connectivity index (χ2n) is 6.67. The molecule has 0 spiro atoms. The van der Waals surface area contributed by atoms with E-state index < -0.39 is 0 Å². The summed E-state index contributed by atoms with van der Waals surface area (Å²) in [4.78, 5) is 18.6. The predicted octanol–water partition coefficient (Wildman–Crippen LogP) is 1.62. The van der Waals surface area contributed by atoms with E-state index >= 15 is 0 Å². The molecule has 2 saturated heterocycles. The van der Waals surface area contributed by atoms with Gasteiger partial charge in [0.1, 0.15) is 0 Å². The summed E-state index contributed by atoms with van der Waals surface area (Å²) in [6, 6.07) is 4.14. The molecular formula is C17H22N2O3. The fourth-order valence-corrected chi connectivity index (χ4v) is 3.54. The van der Waals surface area contributed by atoms with Gasteiger partial charge in [-0.15, -0.1) is 0 Å². The average Bonchev–Trinajstić information content (AvgIpc) is 3.10. The van der Waals surface area contributed by atoms with Crippen molar-refractivity contribution in [1.29, 1.82) is 0 Å². The lowest BCUT2D eigenvalue weighted by molar-refractivity contribution is -0.133. The van der Waals surface area contributed by atoms with Crippen LogP contribution >= 0.6 is 0 Å². The highest BCUT2D eigenvalue weighted by Gasteiger charge is 2.48. The van der Waals surface area contributed by atoms with E-state index in [1.54, 1.807) is 6.20 Å². The fraction of sp³-hybridized carbons (Fsp3) is 0.647. The van der Waals surface area contributed by atoms with E-state index in [0.29, 0.717) is 44.6 Å². The minimum absolute atomic E-state index is 0.0795. The Bertz CT molecular complexity index is 532. The fourth-order valence-electron chi connectivity index (χ4n) is 3.54. The molecular weight excluding hydrogens is 280 g/mol. The van der Waals surface area contributed by atoms with Crippen LogP contribution in [-0.4, -0.2) is 47.7 Å². The monoisotopic (exact) mass is 302 g/mol. The second kappa shape index (κ2) is 5.97. The molecule has 0 radical (unpaired) electrons. The summed E-state index contributed by atoms with van der Waals surface area (Å²) >= 11 is 0. The van der Waals surface area contributed by atoms with Crippen LogP contribution in [0.15, 0.2) is 24.5 Å². The van der Waals surface area contributed by atoms with E-state index in [1.165, 1.54) is 12.8 Å². The third-order valence-electron chi connectivity index (χ3n) is 5.02. The van der Waals surface area contributed by atoms with Gasteiger partial charge in [0, 0.05) is 31.3 Å². The normalized spacial score (nSPS) is 30.5. The van der Waals surface area contributed by atoms with Gasteiger partial charge in [0.2, 0.25) is 5.91 Å². The highest BCUT2D eigenvalue weighted by molar-refractivity contribution is 5.77. The van der Waals surface area contributed by atoms with Crippen LogP contribution in [0.4, 0.5) is 0 Å². The van der Waals surface area contributed by atoms with Crippen LogP contribution in [0.1, 0.15) is 24.8 Å². The molecule has 1 aromatic heterocycles. The van der Waals surface area contributed by atoms with E-state index in [2.05, 4.69) is 4.98 Å². The average molecular weight is 302 g/mol. The maximum Gasteiger partial charge on any atom is 0.223 e. The number of rotatable bonds is 5. The van der Waals surface area contributed by atoms with Crippen LogP contribution in [0.5, 0.6) is 0 Å². The zero-order valence-electron chi connectivity index (χ0n) is 12.7. The quantitative estimate of drug-likeness (QED) is 0.829. The zero-order chi connectivity index (χ0) is 14.9. The zero-order valence-corrected chi connectivity index (χ0v) is 12.7. The van der Waals surface area contributed by atoms with Crippen LogP contribution in [0.2, 0.25) is 0 Å². The first kappa shape index (κ1) is 14.2. The van der Waals surface area contributed by atoms with Crippen LogP contribution in [0.3, 0.4) is 0 Å². The van der Waals surface area contributed by atoms with Crippen LogP contribution in [-0.2, 0) is 20.9 Å². The van der Waals surface area contributed by atoms with Gasteiger partial charge in [-0.1, -0.05) is 6.07 Å². The van der Waals surface area contributed by atoms with Crippen LogP contribution in [0, 0.1) is 11.8 Å². The van der Waals surface area contributed by atoms with E-state index in [4.69, 9.17) is 9.47 Å². The molecule has 5 nitrogen and oxygen atoms in total. The first-order chi connectivity index (χ1) is 10.8. The van der Waals surface area contributed by atoms with Crippen molar-refractivity contribution >= 4 is 5.91 Å². The van der Waals surface area contributed by atoms with Crippen molar-refractivity contribution in [3.8, 4) is 0 Å². The summed E-state index contributed by atoms with van der Waals surface area (Å²) in [5.41, 5.74) is 1.07. The summed E-state index contributed by atoms with van der Waals surface area (Å²) < 4.78 is 11.7. The number of nitrogens with zero attached hydrogens (tertiary/aromatic N) is 2. The highest BCUT2D eigenvalue weighted by Crippen LogP contribution is 2.37. The first-order valence-electron chi connectivity index (χ1n) is 8.19. The number of amides is 1. The molecule has 1 amide bonds. The Morgan fingerprint density at radius 2 is 2.32 bits per heavy atom. The van der Waals surface area contributed by atoms with Crippen molar-refractivity contribution in [2.24, 2.45) is 11.8 Å². The summed E-state index contributed by atoms with van der Waals surface area (Å²) in [7, 11) is 0. The molecule has 0 bridgehead atoms. The molecule has 3 aliphatic rings. The van der Waals surface area contributed by atoms with Gasteiger partial charge < -0.3 is 14.4 Å². The van der Waals surface area contributed by atoms with E-state index in [1.807, 2.05) is 23.2 Å². The molecule has 0 aromatic carbocycles. The summed E-state index contributed by atoms with van der Waals surface area (Å²) in [5, 5.41) is 0. The Balaban J connectivity index is 1.39. The molecule has 1 aromatic rings. The van der Waals surface area contributed by atoms with Crippen molar-refractivity contribution in [1.82, 2.24) is 9.88 Å². The molecule has 1 aliphatic carbocycles. The SMILES string of the molecule is O=C(CC1CC1)N1C[C@H](OCc2cccnc2)[C@H]2COC[C@H]21. The molecule has 1 saturated carbocycles. The van der Waals surface area contributed by atoms with Gasteiger partial charge in [-0.2, -0.15) is 0 Å². The minimum atomic E-state index is 0.0795. The van der Waals surface area contributed by atoms with Gasteiger partial charge in [-0.05, 0) is 30.4 Å². The number of ether oxygens (including phenoxy) is 2. The maximum atomic E-state index is 12.5. The molecule has 0 N–H and O–H groups in total. The number of hydrogen-bond donors (Lipinski definition) is 0. The van der Waals surface area contributed by atoms with Gasteiger partial charge >= 0.3 is 0 Å². The Morgan fingerprint density at radius 3 is 3.09 bits per heavy atom. The number of hydrogen-bond acceptors (Lipinski definition) is 4. The molecule has 0 unspecified atom stereocenters. The Labute approximate surface area is 130 Å². The predicted molar refractivity (Wildman–Crippen MR) is 80.0 cm³/mol. The Hall–Kier alpha value is -1.46. The summed E-state index contributed by atoms with van der Waals surface area (Å²) in [6.07, 6.45) is 6.80. The highest BCUT2D eigenvalue weighted by atomic mass is 16.5. The second-order valence-corrected chi connectivity index (χ2v) is 6.67. The molecule has 118 valence electrons. The van der Waals surface area contributed by atoms with Gasteiger partial charge in [-0.25, -0.2) is 0 Å². The molecule has 4 rings (SSSR count). The smallest absolute Gasteiger partial charge is 0.223 e. The number of fused-ring (bicyclic) bond motifs is 1. The maximum absolute atomic E-state index is 12.5. The molecule has 2 aliphatic heterocycles. The number of aromatic nitrogens is 1. The third-order valence-corrected chi connectivity index (χ3v) is 5.02. The van der Waals surface area contributed by atoms with Crippen molar-refractivity contribution in [2.45, 2.75) is 38.0 Å². The summed E-state index contributed by atoms with van der Waals surface area (Å²) in [5.74, 6) is 1.24. The molecule has 22 heavy (non-hydrogen) atoms. The van der Waals surface area contributed by atoms with Gasteiger partial charge in [0.05, 0.1) is 32.0 Å². The molecule has 5 heteroatoms. The molecule has 3 atom stereocenters. The van der Waals surface area contributed by atoms with Crippen molar-refractivity contribution in [3.63, 3.8) is 0 Å². The first-order valence-corrected chi connectivity index (χ1v) is 8.19. The summed E-state index contributed by atoms with van der Waals surface area (Å²) in [6.45, 7) is 2.63. The van der Waals surface area contributed by atoms with Gasteiger partial charge in [0.15, 0.2) is 0 Å². The lowest BCUT2D eigenvalue weighted by Gasteiger charge is -2.22. The third kappa shape index (κ3) is 2.88. The van der Waals surface area contributed by atoms with Gasteiger partial charge in [-0.3, -0.25) is 9.78 Å². The largest absolute Gasteiger partial charge is 0.379 e. The van der Waals surface area contributed by atoms with Crippen LogP contribution < -0.4 is 0 Å². The van der Waals surface area contributed by atoms with Crippen molar-refractivity contribution in [3.05, 3.63) is 30.1 Å². The van der Waals surface area contributed by atoms with Crippen molar-refractivity contribution in [2.75, 3.05) is 19.8 Å². The standard InChI is InChI=1S/C17H22N2O3/c20-17(6-12-3-4-12)19-8-16(14-10-21-11-15(14)19)22-9-13-2-1-5-18-7-13/h1-2,5,7,12,14-16H,3-4,6,8-11H2/t14-,15+,16-/m0/s1. The number of carbonyl (C=O) groups excluding carboxylic acids is 1. The van der Waals surface area contributed by atoms with Crippen LogP contribution in [0.25, 0.3) is 0 Å². The molecule has 3 heterocycles. The van der Waals surface area contributed by atoms with E-state index in [-0.39, 0.29) is 18.1 Å². The van der Waals surface area contributed by atoms with E-state index in [9.17, 15) is 4.79 Å². The van der Waals surface area contributed by atoms with Gasteiger partial charge in [0.25, 0.3) is 0 Å². The number of likely N-dealkylation sites (tertiary alicyclic amines) is 1. The molecule has 3 fully saturated rings. The lowest BCUT2D eigenvalue weighted by atomic mass is 10.0. The number of pyridine rings is 1. The Morgan fingerprint density at radius 1 is 1.41 bits per heavy atom. The topological polar surface area (TPSA) is 51.7 Å². The Kier molecular flexibility index (Phi) is 3.84.